The molecule has 122 valence electrons. The van der Waals surface area contributed by atoms with Crippen molar-refractivity contribution in [1.82, 2.24) is 4.90 Å². The molecule has 1 aromatic heterocycles. The fraction of sp³-hybridized carbons (Fsp3) is 0.250. The maximum Gasteiger partial charge on any atom is 0.264 e. The van der Waals surface area contributed by atoms with Gasteiger partial charge in [-0.2, -0.15) is 0 Å². The number of hydrogen-bond donors (Lipinski definition) is 0. The van der Waals surface area contributed by atoms with E-state index in [9.17, 15) is 4.79 Å². The Kier molecular flexibility index (Phi) is 3.53. The quantitative estimate of drug-likeness (QED) is 0.733. The summed E-state index contributed by atoms with van der Waals surface area (Å²) in [5.74, 6) is 1.56. The minimum atomic E-state index is -0.459. The van der Waals surface area contributed by atoms with Crippen LogP contribution in [0.15, 0.2) is 59.0 Å². The number of para-hydroxylation sites is 2. The average Bonchev–Trinajstić information content (AvgIpc) is 3.23. The van der Waals surface area contributed by atoms with Crippen LogP contribution in [-0.4, -0.2) is 24.0 Å². The van der Waals surface area contributed by atoms with Crippen LogP contribution in [0.25, 0.3) is 11.0 Å². The third-order valence-electron chi connectivity index (χ3n) is 4.71. The molecule has 2 heterocycles. The molecule has 24 heavy (non-hydrogen) atoms. The van der Waals surface area contributed by atoms with Gasteiger partial charge in [0, 0.05) is 18.9 Å². The molecule has 0 aliphatic carbocycles. The predicted molar refractivity (Wildman–Crippen MR) is 92.0 cm³/mol. The molecule has 0 saturated heterocycles. The van der Waals surface area contributed by atoms with Gasteiger partial charge in [0.25, 0.3) is 5.91 Å². The highest BCUT2D eigenvalue weighted by Gasteiger charge is 2.33. The highest BCUT2D eigenvalue weighted by Crippen LogP contribution is 2.31. The van der Waals surface area contributed by atoms with Gasteiger partial charge in [0.1, 0.15) is 17.1 Å². The molecule has 0 unspecified atom stereocenters. The lowest BCUT2D eigenvalue weighted by Gasteiger charge is -2.25. The summed E-state index contributed by atoms with van der Waals surface area (Å²) in [6, 6.07) is 17.5. The number of likely N-dealkylation sites (N-methyl/N-ethyl adjacent to an activating group) is 1. The second-order valence-corrected chi connectivity index (χ2v) is 6.23. The molecule has 0 fully saturated rings. The van der Waals surface area contributed by atoms with Gasteiger partial charge in [-0.3, -0.25) is 4.79 Å². The SMILES string of the molecule is C[C@H](c1cc2ccccc2o1)N(C)C(=O)[C@H]1Cc2ccccc2O1. The fourth-order valence-electron chi connectivity index (χ4n) is 3.14. The van der Waals surface area contributed by atoms with Crippen molar-refractivity contribution in [3.8, 4) is 5.75 Å². The summed E-state index contributed by atoms with van der Waals surface area (Å²) in [5, 5.41) is 1.05. The van der Waals surface area contributed by atoms with Crippen LogP contribution in [0, 0.1) is 0 Å². The van der Waals surface area contributed by atoms with E-state index in [1.54, 1.807) is 11.9 Å². The standard InChI is InChI=1S/C20H19NO3/c1-13(18-11-14-7-3-5-9-16(14)23-18)21(2)20(22)19-12-15-8-4-6-10-17(15)24-19/h3-11,13,19H,12H2,1-2H3/t13-,19-/m1/s1. The van der Waals surface area contributed by atoms with Crippen molar-refractivity contribution in [3.63, 3.8) is 0 Å². The molecule has 1 aliphatic rings. The average molecular weight is 321 g/mol. The van der Waals surface area contributed by atoms with Gasteiger partial charge in [0.2, 0.25) is 0 Å². The summed E-state index contributed by atoms with van der Waals surface area (Å²) >= 11 is 0. The number of fused-ring (bicyclic) bond motifs is 2. The number of ether oxygens (including phenoxy) is 1. The summed E-state index contributed by atoms with van der Waals surface area (Å²) in [6.07, 6.45) is 0.158. The van der Waals surface area contributed by atoms with Gasteiger partial charge < -0.3 is 14.1 Å². The highest BCUT2D eigenvalue weighted by molar-refractivity contribution is 5.83. The molecular weight excluding hydrogens is 302 g/mol. The van der Waals surface area contributed by atoms with Crippen molar-refractivity contribution in [2.45, 2.75) is 25.5 Å². The summed E-state index contributed by atoms with van der Waals surface area (Å²) in [4.78, 5) is 14.5. The zero-order valence-electron chi connectivity index (χ0n) is 13.7. The Hall–Kier alpha value is -2.75. The number of carbonyl (C=O) groups excluding carboxylic acids is 1. The summed E-state index contributed by atoms with van der Waals surface area (Å²) < 4.78 is 11.7. The smallest absolute Gasteiger partial charge is 0.264 e. The molecule has 2 aromatic carbocycles. The van der Waals surface area contributed by atoms with Gasteiger partial charge in [-0.25, -0.2) is 0 Å². The van der Waals surface area contributed by atoms with Crippen LogP contribution in [0.3, 0.4) is 0 Å². The van der Waals surface area contributed by atoms with Gasteiger partial charge in [-0.15, -0.1) is 0 Å². The summed E-state index contributed by atoms with van der Waals surface area (Å²) in [5.41, 5.74) is 1.92. The Morgan fingerprint density at radius 1 is 1.17 bits per heavy atom. The lowest BCUT2D eigenvalue weighted by molar-refractivity contribution is -0.138. The van der Waals surface area contributed by atoms with E-state index in [2.05, 4.69) is 0 Å². The number of amides is 1. The van der Waals surface area contributed by atoms with E-state index in [-0.39, 0.29) is 11.9 Å². The predicted octanol–water partition coefficient (Wildman–Crippen LogP) is 3.96. The number of benzene rings is 2. The van der Waals surface area contributed by atoms with E-state index in [1.807, 2.05) is 61.5 Å². The second-order valence-electron chi connectivity index (χ2n) is 6.23. The molecule has 2 atom stereocenters. The molecule has 0 radical (unpaired) electrons. The van der Waals surface area contributed by atoms with Crippen molar-refractivity contribution < 1.29 is 13.9 Å². The first-order chi connectivity index (χ1) is 11.6. The van der Waals surface area contributed by atoms with Crippen LogP contribution >= 0.6 is 0 Å². The molecule has 3 aromatic rings. The second kappa shape index (κ2) is 5.71. The zero-order valence-corrected chi connectivity index (χ0v) is 13.7. The third kappa shape index (κ3) is 2.44. The maximum absolute atomic E-state index is 12.8. The molecule has 0 spiro atoms. The molecule has 4 heteroatoms. The minimum absolute atomic E-state index is 0.0286. The first-order valence-corrected chi connectivity index (χ1v) is 8.13. The van der Waals surface area contributed by atoms with Gasteiger partial charge >= 0.3 is 0 Å². The molecular formula is C20H19NO3. The van der Waals surface area contributed by atoms with E-state index < -0.39 is 6.10 Å². The van der Waals surface area contributed by atoms with Crippen molar-refractivity contribution in [3.05, 3.63) is 65.9 Å². The molecule has 4 nitrogen and oxygen atoms in total. The molecule has 1 aliphatic heterocycles. The number of hydrogen-bond acceptors (Lipinski definition) is 3. The van der Waals surface area contributed by atoms with Crippen molar-refractivity contribution >= 4 is 16.9 Å². The Morgan fingerprint density at radius 3 is 2.71 bits per heavy atom. The van der Waals surface area contributed by atoms with E-state index in [4.69, 9.17) is 9.15 Å². The topological polar surface area (TPSA) is 42.7 Å². The lowest BCUT2D eigenvalue weighted by atomic mass is 10.1. The largest absolute Gasteiger partial charge is 0.480 e. The van der Waals surface area contributed by atoms with Crippen LogP contribution in [-0.2, 0) is 11.2 Å². The summed E-state index contributed by atoms with van der Waals surface area (Å²) in [7, 11) is 1.80. The first-order valence-electron chi connectivity index (χ1n) is 8.13. The molecule has 0 bridgehead atoms. The van der Waals surface area contributed by atoms with Gasteiger partial charge in [0.05, 0.1) is 6.04 Å². The lowest BCUT2D eigenvalue weighted by Crippen LogP contribution is -2.40. The molecule has 0 N–H and O–H groups in total. The molecule has 1 amide bonds. The molecule has 4 rings (SSSR count). The Morgan fingerprint density at radius 2 is 1.92 bits per heavy atom. The van der Waals surface area contributed by atoms with Crippen LogP contribution in [0.1, 0.15) is 24.3 Å². The Balaban J connectivity index is 1.52. The van der Waals surface area contributed by atoms with Crippen molar-refractivity contribution in [2.24, 2.45) is 0 Å². The normalized spacial score (nSPS) is 17.3. The highest BCUT2D eigenvalue weighted by atomic mass is 16.5. The number of carbonyl (C=O) groups is 1. The van der Waals surface area contributed by atoms with E-state index >= 15 is 0 Å². The third-order valence-corrected chi connectivity index (χ3v) is 4.71. The van der Waals surface area contributed by atoms with Crippen LogP contribution in [0.5, 0.6) is 5.75 Å². The van der Waals surface area contributed by atoms with Crippen molar-refractivity contribution in [2.75, 3.05) is 7.05 Å². The first kappa shape index (κ1) is 14.8. The van der Waals surface area contributed by atoms with E-state index in [0.717, 1.165) is 28.0 Å². The zero-order chi connectivity index (χ0) is 16.7. The maximum atomic E-state index is 12.8. The van der Waals surface area contributed by atoms with Crippen LogP contribution in [0.2, 0.25) is 0 Å². The van der Waals surface area contributed by atoms with Crippen LogP contribution in [0.4, 0.5) is 0 Å². The number of rotatable bonds is 3. The number of furan rings is 1. The van der Waals surface area contributed by atoms with Gasteiger partial charge in [-0.05, 0) is 30.7 Å². The fourth-order valence-corrected chi connectivity index (χ4v) is 3.14. The van der Waals surface area contributed by atoms with Crippen LogP contribution < -0.4 is 4.74 Å². The van der Waals surface area contributed by atoms with E-state index in [1.165, 1.54) is 0 Å². The monoisotopic (exact) mass is 321 g/mol. The van der Waals surface area contributed by atoms with E-state index in [0.29, 0.717) is 6.42 Å². The Bertz CT molecular complexity index is 841. The number of nitrogens with zero attached hydrogens (tertiary/aromatic N) is 1. The molecule has 0 saturated carbocycles. The minimum Gasteiger partial charge on any atom is -0.480 e. The van der Waals surface area contributed by atoms with Gasteiger partial charge in [0.15, 0.2) is 6.10 Å². The Labute approximate surface area is 140 Å². The summed E-state index contributed by atoms with van der Waals surface area (Å²) in [6.45, 7) is 1.97. The van der Waals surface area contributed by atoms with Gasteiger partial charge in [-0.1, -0.05) is 36.4 Å². The van der Waals surface area contributed by atoms with Crippen molar-refractivity contribution in [1.29, 1.82) is 0 Å².